The average Bonchev–Trinajstić information content (AvgIpc) is 3.96. The summed E-state index contributed by atoms with van der Waals surface area (Å²) in [6.07, 6.45) is 0. The normalized spacial score (nSPS) is 11.9. The molecule has 266 valence electrons. The van der Waals surface area contributed by atoms with Crippen LogP contribution in [-0.2, 0) is 0 Å². The molecule has 8 aromatic carbocycles. The van der Waals surface area contributed by atoms with E-state index in [0.29, 0.717) is 17.5 Å². The molecule has 12 rings (SSSR count). The minimum atomic E-state index is 0.659. The number of rotatable bonds is 5. The van der Waals surface area contributed by atoms with Gasteiger partial charge in [-0.3, -0.25) is 0 Å². The van der Waals surface area contributed by atoms with Gasteiger partial charge in [-0.2, -0.15) is 0 Å². The monoisotopic (exact) mass is 762 g/mol. The molecule has 4 nitrogen and oxygen atoms in total. The Hall–Kier alpha value is -6.99. The van der Waals surface area contributed by atoms with Crippen molar-refractivity contribution in [3.8, 4) is 51.0 Å². The lowest BCUT2D eigenvalue weighted by molar-refractivity contribution is 1.08. The summed E-state index contributed by atoms with van der Waals surface area (Å²) in [5.74, 6) is 1.98. The predicted octanol–water partition coefficient (Wildman–Crippen LogP) is 14.4. The van der Waals surface area contributed by atoms with Crippen LogP contribution in [0.15, 0.2) is 182 Å². The largest absolute Gasteiger partial charge is 0.309 e. The Morgan fingerprint density at radius 1 is 0.351 bits per heavy atom. The van der Waals surface area contributed by atoms with Gasteiger partial charge in [-0.25, -0.2) is 15.0 Å². The second-order valence-corrected chi connectivity index (χ2v) is 16.5. The van der Waals surface area contributed by atoms with Crippen LogP contribution in [-0.4, -0.2) is 19.5 Å². The minimum absolute atomic E-state index is 0.659. The first-order valence-electron chi connectivity index (χ1n) is 19.0. The van der Waals surface area contributed by atoms with Gasteiger partial charge >= 0.3 is 0 Å². The highest BCUT2D eigenvalue weighted by Crippen LogP contribution is 2.48. The summed E-state index contributed by atoms with van der Waals surface area (Å²) in [4.78, 5) is 15.3. The summed E-state index contributed by atoms with van der Waals surface area (Å²) in [5, 5.41) is 7.48. The zero-order chi connectivity index (χ0) is 37.5. The molecule has 0 saturated carbocycles. The first-order valence-corrected chi connectivity index (χ1v) is 20.7. The minimum Gasteiger partial charge on any atom is -0.309 e. The third-order valence-electron chi connectivity index (χ3n) is 11.1. The molecule has 4 aromatic heterocycles. The zero-order valence-electron chi connectivity index (χ0n) is 30.4. The number of para-hydroxylation sites is 2. The Bertz CT molecular complexity index is 3410. The van der Waals surface area contributed by atoms with Crippen LogP contribution < -0.4 is 0 Å². The number of fused-ring (bicyclic) bond motifs is 9. The fourth-order valence-corrected chi connectivity index (χ4v) is 10.9. The van der Waals surface area contributed by atoms with E-state index < -0.39 is 0 Å². The second kappa shape index (κ2) is 12.8. The van der Waals surface area contributed by atoms with Gasteiger partial charge in [0.15, 0.2) is 17.5 Å². The number of benzene rings is 8. The summed E-state index contributed by atoms with van der Waals surface area (Å²) in [7, 11) is 0. The van der Waals surface area contributed by atoms with Crippen LogP contribution in [0.25, 0.3) is 113 Å². The molecular formula is C51H30N4S2. The van der Waals surface area contributed by atoms with Crippen LogP contribution in [0.4, 0.5) is 0 Å². The van der Waals surface area contributed by atoms with Gasteiger partial charge in [-0.15, -0.1) is 22.7 Å². The Morgan fingerprint density at radius 3 is 1.54 bits per heavy atom. The maximum atomic E-state index is 5.17. The van der Waals surface area contributed by atoms with Gasteiger partial charge in [0, 0.05) is 79.1 Å². The van der Waals surface area contributed by atoms with Gasteiger partial charge in [-0.1, -0.05) is 140 Å². The summed E-state index contributed by atoms with van der Waals surface area (Å²) in [6.45, 7) is 0. The third-order valence-corrected chi connectivity index (χ3v) is 13.4. The molecule has 0 aliphatic carbocycles. The molecule has 12 aromatic rings. The van der Waals surface area contributed by atoms with Crippen molar-refractivity contribution >= 4 is 84.8 Å². The van der Waals surface area contributed by atoms with Gasteiger partial charge in [0.1, 0.15) is 0 Å². The fraction of sp³-hybridized carbons (Fsp3) is 0. The van der Waals surface area contributed by atoms with Crippen molar-refractivity contribution in [3.05, 3.63) is 182 Å². The Labute approximate surface area is 335 Å². The van der Waals surface area contributed by atoms with Crippen molar-refractivity contribution in [2.24, 2.45) is 0 Å². The molecule has 0 atom stereocenters. The van der Waals surface area contributed by atoms with Crippen LogP contribution in [0, 0.1) is 0 Å². The number of hydrogen-bond donors (Lipinski definition) is 0. The van der Waals surface area contributed by atoms with Gasteiger partial charge in [0.05, 0.1) is 11.0 Å². The van der Waals surface area contributed by atoms with Crippen LogP contribution in [0.5, 0.6) is 0 Å². The van der Waals surface area contributed by atoms with E-state index in [1.54, 1.807) is 0 Å². The molecule has 4 heterocycles. The average molecular weight is 763 g/mol. The van der Waals surface area contributed by atoms with E-state index in [1.807, 2.05) is 59.1 Å². The lowest BCUT2D eigenvalue weighted by Crippen LogP contribution is -2.00. The Morgan fingerprint density at radius 2 is 0.877 bits per heavy atom. The lowest BCUT2D eigenvalue weighted by atomic mass is 9.96. The molecule has 6 heteroatoms. The van der Waals surface area contributed by atoms with Crippen molar-refractivity contribution in [1.29, 1.82) is 0 Å². The molecule has 0 unspecified atom stereocenters. The highest BCUT2D eigenvalue weighted by molar-refractivity contribution is 7.27. The highest BCUT2D eigenvalue weighted by Gasteiger charge is 2.21. The van der Waals surface area contributed by atoms with Crippen LogP contribution in [0.2, 0.25) is 0 Å². The van der Waals surface area contributed by atoms with E-state index in [4.69, 9.17) is 15.0 Å². The van der Waals surface area contributed by atoms with E-state index in [9.17, 15) is 0 Å². The van der Waals surface area contributed by atoms with Crippen molar-refractivity contribution in [3.63, 3.8) is 0 Å². The van der Waals surface area contributed by atoms with Crippen molar-refractivity contribution in [2.75, 3.05) is 0 Å². The predicted molar refractivity (Wildman–Crippen MR) is 242 cm³/mol. The lowest BCUT2D eigenvalue weighted by Gasteiger charge is -2.11. The first-order chi connectivity index (χ1) is 28.3. The molecule has 0 aliphatic heterocycles. The van der Waals surface area contributed by atoms with Crippen molar-refractivity contribution in [1.82, 2.24) is 19.5 Å². The van der Waals surface area contributed by atoms with Crippen LogP contribution >= 0.6 is 22.7 Å². The maximum absolute atomic E-state index is 5.17. The molecule has 0 radical (unpaired) electrons. The summed E-state index contributed by atoms with van der Waals surface area (Å²) >= 11 is 3.70. The topological polar surface area (TPSA) is 43.6 Å². The standard InChI is InChI=1S/C51H30N4S2/c1-3-14-31(15-4-1)49-52-50(32-16-5-2-6-17-32)54-51(53-49)39-23-13-27-45-47(39)46-36(20-12-26-44(46)56-45)37-21-11-22-38-40-30-33(28-29-43(40)57-48(37)38)55-41-24-9-7-18-34(41)35-19-8-10-25-42(35)55/h1-30H. The smallest absolute Gasteiger partial charge is 0.164 e. The summed E-state index contributed by atoms with van der Waals surface area (Å²) in [6, 6.07) is 64.8. The van der Waals surface area contributed by atoms with Gasteiger partial charge < -0.3 is 4.57 Å². The van der Waals surface area contributed by atoms with E-state index >= 15 is 0 Å². The number of nitrogens with zero attached hydrogens (tertiary/aromatic N) is 4. The van der Waals surface area contributed by atoms with E-state index in [-0.39, 0.29) is 0 Å². The van der Waals surface area contributed by atoms with Crippen molar-refractivity contribution < 1.29 is 0 Å². The van der Waals surface area contributed by atoms with E-state index in [0.717, 1.165) is 16.7 Å². The van der Waals surface area contributed by atoms with Gasteiger partial charge in [0.2, 0.25) is 0 Å². The maximum Gasteiger partial charge on any atom is 0.164 e. The molecule has 0 fully saturated rings. The first kappa shape index (κ1) is 32.3. The highest BCUT2D eigenvalue weighted by atomic mass is 32.1. The van der Waals surface area contributed by atoms with Gasteiger partial charge in [-0.05, 0) is 48.0 Å². The molecule has 0 amide bonds. The molecule has 0 saturated heterocycles. The molecule has 57 heavy (non-hydrogen) atoms. The van der Waals surface area contributed by atoms with Gasteiger partial charge in [0.25, 0.3) is 0 Å². The molecule has 0 N–H and O–H groups in total. The number of thiophene rings is 2. The van der Waals surface area contributed by atoms with E-state index in [2.05, 4.69) is 150 Å². The molecule has 0 aliphatic rings. The number of aromatic nitrogens is 4. The molecule has 0 bridgehead atoms. The number of hydrogen-bond acceptors (Lipinski definition) is 5. The fourth-order valence-electron chi connectivity index (χ4n) is 8.54. The van der Waals surface area contributed by atoms with Crippen LogP contribution in [0.1, 0.15) is 0 Å². The SMILES string of the molecule is c1ccc(-c2nc(-c3ccccc3)nc(-c3cccc4sc5cccc(-c6cccc7c6sc6ccc(-n8c9ccccc9c9ccccc98)cc67)c5c34)n2)cc1. The molecule has 0 spiro atoms. The molecular weight excluding hydrogens is 733 g/mol. The van der Waals surface area contributed by atoms with Crippen molar-refractivity contribution in [2.45, 2.75) is 0 Å². The summed E-state index contributed by atoms with van der Waals surface area (Å²) < 4.78 is 7.41. The Balaban J connectivity index is 1.08. The Kier molecular flexibility index (Phi) is 7.24. The zero-order valence-corrected chi connectivity index (χ0v) is 32.1. The quantitative estimate of drug-likeness (QED) is 0.175. The second-order valence-electron chi connectivity index (χ2n) is 14.3. The summed E-state index contributed by atoms with van der Waals surface area (Å²) in [5.41, 5.74) is 8.97. The van der Waals surface area contributed by atoms with E-state index in [1.165, 1.54) is 79.0 Å². The third kappa shape index (κ3) is 5.08. The van der Waals surface area contributed by atoms with Crippen LogP contribution in [0.3, 0.4) is 0 Å².